The highest BCUT2D eigenvalue weighted by atomic mass is 16.5. The van der Waals surface area contributed by atoms with Crippen LogP contribution in [0.3, 0.4) is 0 Å². The number of pyridine rings is 1. The number of ether oxygens (including phenoxy) is 1. The molecule has 0 bridgehead atoms. The number of nitrogens with two attached hydrogens (primary N) is 1. The minimum Gasteiger partial charge on any atom is -0.490 e. The predicted molar refractivity (Wildman–Crippen MR) is 150 cm³/mol. The number of nitrogens with zero attached hydrogens (tertiary/aromatic N) is 2. The van der Waals surface area contributed by atoms with Crippen molar-refractivity contribution < 1.29 is 4.74 Å². The van der Waals surface area contributed by atoms with E-state index in [4.69, 9.17) is 10.5 Å². The summed E-state index contributed by atoms with van der Waals surface area (Å²) < 4.78 is 5.92. The van der Waals surface area contributed by atoms with Gasteiger partial charge in [0.25, 0.3) is 0 Å². The molecule has 0 saturated carbocycles. The lowest BCUT2D eigenvalue weighted by molar-refractivity contribution is 0.270. The molecule has 5 heteroatoms. The maximum atomic E-state index is 6.17. The minimum atomic E-state index is 0.00149. The van der Waals surface area contributed by atoms with Gasteiger partial charge in [0.15, 0.2) is 0 Å². The second-order valence-corrected chi connectivity index (χ2v) is 9.63. The Morgan fingerprint density at radius 3 is 2.38 bits per heavy atom. The van der Waals surface area contributed by atoms with Crippen LogP contribution in [0, 0.1) is 17.8 Å². The summed E-state index contributed by atoms with van der Waals surface area (Å²) >= 11 is 0. The molecule has 37 heavy (non-hydrogen) atoms. The number of rotatable bonds is 7. The number of aromatic nitrogens is 3. The van der Waals surface area contributed by atoms with Gasteiger partial charge >= 0.3 is 0 Å². The summed E-state index contributed by atoms with van der Waals surface area (Å²) in [6.07, 6.45) is 4.48. The zero-order valence-corrected chi connectivity index (χ0v) is 21.1. The van der Waals surface area contributed by atoms with Crippen molar-refractivity contribution in [2.24, 2.45) is 11.7 Å². The lowest BCUT2D eigenvalue weighted by Gasteiger charge is -2.15. The maximum Gasteiger partial charge on any atom is 0.138 e. The molecule has 0 saturated heterocycles. The molecule has 0 aliphatic carbocycles. The largest absolute Gasteiger partial charge is 0.490 e. The van der Waals surface area contributed by atoms with E-state index in [-0.39, 0.29) is 6.04 Å². The number of fused-ring (bicyclic) bond motifs is 1. The van der Waals surface area contributed by atoms with Crippen LogP contribution in [-0.2, 0) is 0 Å². The van der Waals surface area contributed by atoms with E-state index in [1.165, 1.54) is 11.1 Å². The summed E-state index contributed by atoms with van der Waals surface area (Å²) in [5.41, 5.74) is 13.1. The van der Waals surface area contributed by atoms with Gasteiger partial charge in [-0.1, -0.05) is 68.3 Å². The van der Waals surface area contributed by atoms with Gasteiger partial charge in [0.1, 0.15) is 18.1 Å². The van der Waals surface area contributed by atoms with E-state index in [0.717, 1.165) is 39.7 Å². The smallest absolute Gasteiger partial charge is 0.138 e. The summed E-state index contributed by atoms with van der Waals surface area (Å²) in [5, 5.41) is 8.48. The molecule has 2 heterocycles. The third-order valence-corrected chi connectivity index (χ3v) is 6.16. The second kappa shape index (κ2) is 11.1. The number of hydrogen-bond donors (Lipinski definition) is 2. The maximum absolute atomic E-state index is 6.17. The van der Waals surface area contributed by atoms with Crippen LogP contribution in [-0.4, -0.2) is 27.8 Å². The second-order valence-electron chi connectivity index (χ2n) is 9.63. The Labute approximate surface area is 217 Å². The topological polar surface area (TPSA) is 76.8 Å². The fourth-order valence-electron chi connectivity index (χ4n) is 4.33. The van der Waals surface area contributed by atoms with Crippen LogP contribution in [0.25, 0.3) is 33.2 Å². The molecule has 0 aliphatic rings. The quantitative estimate of drug-likeness (QED) is 0.259. The molecule has 184 valence electrons. The number of hydrogen-bond acceptors (Lipinski definition) is 4. The van der Waals surface area contributed by atoms with Gasteiger partial charge in [-0.15, -0.1) is 0 Å². The monoisotopic (exact) mass is 486 g/mol. The van der Waals surface area contributed by atoms with Gasteiger partial charge in [-0.05, 0) is 65.3 Å². The van der Waals surface area contributed by atoms with Crippen molar-refractivity contribution >= 4 is 10.9 Å². The van der Waals surface area contributed by atoms with Crippen LogP contribution in [0.2, 0.25) is 0 Å². The van der Waals surface area contributed by atoms with Crippen molar-refractivity contribution in [3.63, 3.8) is 0 Å². The van der Waals surface area contributed by atoms with Gasteiger partial charge in [0.05, 0.1) is 11.7 Å². The summed E-state index contributed by atoms with van der Waals surface area (Å²) in [7, 11) is 0. The Bertz CT molecular complexity index is 1540. The SMILES string of the molecule is CC(C)C[C@H](N)COc1cncc(-c2ccc3n[nH]c(C#Cc4ccc(-c5ccccc5)cc4)c3c2)c1. The average molecular weight is 487 g/mol. The Morgan fingerprint density at radius 1 is 0.838 bits per heavy atom. The van der Waals surface area contributed by atoms with E-state index in [9.17, 15) is 0 Å². The molecule has 2 aromatic heterocycles. The summed E-state index contributed by atoms with van der Waals surface area (Å²) in [5.74, 6) is 7.77. The zero-order chi connectivity index (χ0) is 25.6. The zero-order valence-electron chi connectivity index (χ0n) is 21.1. The highest BCUT2D eigenvalue weighted by Gasteiger charge is 2.09. The summed E-state index contributed by atoms with van der Waals surface area (Å²) in [6, 6.07) is 26.7. The molecule has 3 N–H and O–H groups in total. The number of aromatic amines is 1. The van der Waals surface area contributed by atoms with Crippen LogP contribution in [0.5, 0.6) is 5.75 Å². The molecular weight excluding hydrogens is 456 g/mol. The third-order valence-electron chi connectivity index (χ3n) is 6.16. The van der Waals surface area contributed by atoms with Gasteiger partial charge in [-0.2, -0.15) is 5.10 Å². The standard InChI is InChI=1S/C32H30N4O/c1-22(2)16-28(33)21-37-29-17-27(19-34-20-29)26-13-15-32-30(18-26)31(35-36-32)14-10-23-8-11-25(12-9-23)24-6-4-3-5-7-24/h3-9,11-13,15,17-20,22,28H,16,21,33H2,1-2H3,(H,35,36)/t28-/m0/s1. The predicted octanol–water partition coefficient (Wildman–Crippen LogP) is 6.44. The molecule has 1 atom stereocenters. The van der Waals surface area contributed by atoms with Crippen LogP contribution < -0.4 is 10.5 Å². The molecule has 0 spiro atoms. The molecule has 0 amide bonds. The van der Waals surface area contributed by atoms with Gasteiger partial charge in [-0.25, -0.2) is 0 Å². The fraction of sp³-hybridized carbons (Fsp3) is 0.188. The lowest BCUT2D eigenvalue weighted by atomic mass is 10.0. The van der Waals surface area contributed by atoms with Crippen molar-refractivity contribution in [2.75, 3.05) is 6.61 Å². The molecule has 3 aromatic carbocycles. The molecule has 0 unspecified atom stereocenters. The Morgan fingerprint density at radius 2 is 1.59 bits per heavy atom. The number of H-pyrrole nitrogens is 1. The molecule has 0 aliphatic heterocycles. The van der Waals surface area contributed by atoms with Crippen LogP contribution in [0.15, 0.2) is 91.3 Å². The van der Waals surface area contributed by atoms with Crippen molar-refractivity contribution in [2.45, 2.75) is 26.3 Å². The first-order chi connectivity index (χ1) is 18.0. The van der Waals surface area contributed by atoms with Crippen molar-refractivity contribution in [1.29, 1.82) is 0 Å². The molecule has 5 nitrogen and oxygen atoms in total. The minimum absolute atomic E-state index is 0.00149. The van der Waals surface area contributed by atoms with Crippen molar-refractivity contribution in [3.05, 3.63) is 103 Å². The van der Waals surface area contributed by atoms with E-state index in [2.05, 4.69) is 71.2 Å². The van der Waals surface area contributed by atoms with Crippen LogP contribution in [0.4, 0.5) is 0 Å². The van der Waals surface area contributed by atoms with Crippen LogP contribution in [0.1, 0.15) is 31.5 Å². The summed E-state index contributed by atoms with van der Waals surface area (Å²) in [6.45, 7) is 4.79. The number of nitrogens with one attached hydrogen (secondary N) is 1. The molecule has 0 fully saturated rings. The molecule has 5 rings (SSSR count). The highest BCUT2D eigenvalue weighted by Crippen LogP contribution is 2.27. The van der Waals surface area contributed by atoms with Crippen molar-refractivity contribution in [1.82, 2.24) is 15.2 Å². The van der Waals surface area contributed by atoms with Crippen molar-refractivity contribution in [3.8, 4) is 39.8 Å². The van der Waals surface area contributed by atoms with Crippen LogP contribution >= 0.6 is 0 Å². The fourth-order valence-corrected chi connectivity index (χ4v) is 4.33. The van der Waals surface area contributed by atoms with Gasteiger partial charge in [0.2, 0.25) is 0 Å². The first-order valence-corrected chi connectivity index (χ1v) is 12.5. The van der Waals surface area contributed by atoms with E-state index in [1.807, 2.05) is 54.7 Å². The number of benzene rings is 3. The Balaban J connectivity index is 1.35. The Hall–Kier alpha value is -4.40. The summed E-state index contributed by atoms with van der Waals surface area (Å²) in [4.78, 5) is 4.38. The van der Waals surface area contributed by atoms with E-state index >= 15 is 0 Å². The third kappa shape index (κ3) is 6.06. The molecule has 0 radical (unpaired) electrons. The normalized spacial score (nSPS) is 11.8. The van der Waals surface area contributed by atoms with Gasteiger partial charge < -0.3 is 10.5 Å². The van der Waals surface area contributed by atoms with Gasteiger partial charge in [-0.3, -0.25) is 10.1 Å². The molecule has 5 aromatic rings. The van der Waals surface area contributed by atoms with E-state index < -0.39 is 0 Å². The van der Waals surface area contributed by atoms with Gasteiger partial charge in [0, 0.05) is 28.8 Å². The Kier molecular flexibility index (Phi) is 7.30. The highest BCUT2D eigenvalue weighted by molar-refractivity contribution is 5.88. The first kappa shape index (κ1) is 24.3. The average Bonchev–Trinajstić information content (AvgIpc) is 3.33. The first-order valence-electron chi connectivity index (χ1n) is 12.5. The van der Waals surface area contributed by atoms with E-state index in [1.54, 1.807) is 6.20 Å². The lowest BCUT2D eigenvalue weighted by Crippen LogP contribution is -2.29. The molecular formula is C32H30N4O. The van der Waals surface area contributed by atoms with E-state index in [0.29, 0.717) is 18.3 Å².